The first-order chi connectivity index (χ1) is 9.33. The highest BCUT2D eigenvalue weighted by molar-refractivity contribution is 9.10. The molecular weight excluding hydrogens is 389 g/mol. The number of hydrogen-bond acceptors (Lipinski definition) is 4. The summed E-state index contributed by atoms with van der Waals surface area (Å²) in [5.41, 5.74) is 5.98. The van der Waals surface area contributed by atoms with E-state index >= 15 is 0 Å². The van der Waals surface area contributed by atoms with Crippen molar-refractivity contribution in [2.24, 2.45) is 0 Å². The molecule has 0 atom stereocenters. The number of nitrogens with zero attached hydrogens (tertiary/aromatic N) is 1. The molecule has 1 aromatic carbocycles. The van der Waals surface area contributed by atoms with E-state index in [2.05, 4.69) is 25.6 Å². The van der Waals surface area contributed by atoms with Gasteiger partial charge in [0.25, 0.3) is 10.0 Å². The maximum atomic E-state index is 12.3. The van der Waals surface area contributed by atoms with Gasteiger partial charge in [-0.25, -0.2) is 8.42 Å². The number of pyridine rings is 1. The Morgan fingerprint density at radius 2 is 1.95 bits per heavy atom. The van der Waals surface area contributed by atoms with Crippen LogP contribution in [-0.4, -0.2) is 13.4 Å². The molecule has 0 saturated heterocycles. The Morgan fingerprint density at radius 1 is 1.25 bits per heavy atom. The minimum Gasteiger partial charge on any atom is -0.396 e. The highest BCUT2D eigenvalue weighted by Gasteiger charge is 2.21. The number of hydrogen-bond donors (Lipinski definition) is 2. The summed E-state index contributed by atoms with van der Waals surface area (Å²) < 4.78 is 27.5. The van der Waals surface area contributed by atoms with Gasteiger partial charge in [-0.15, -0.1) is 0 Å². The molecule has 0 amide bonds. The second-order valence-electron chi connectivity index (χ2n) is 3.73. The Bertz CT molecular complexity index is 768. The maximum Gasteiger partial charge on any atom is 0.263 e. The zero-order chi connectivity index (χ0) is 14.9. The first-order valence-electron chi connectivity index (χ1n) is 5.18. The Balaban J connectivity index is 2.47. The van der Waals surface area contributed by atoms with Crippen molar-refractivity contribution in [3.8, 4) is 0 Å². The van der Waals surface area contributed by atoms with Gasteiger partial charge in [0, 0.05) is 12.4 Å². The van der Waals surface area contributed by atoms with Crippen molar-refractivity contribution < 1.29 is 8.42 Å². The summed E-state index contributed by atoms with van der Waals surface area (Å²) in [7, 11) is -3.88. The molecule has 0 saturated carbocycles. The summed E-state index contributed by atoms with van der Waals surface area (Å²) in [6.07, 6.45) is 2.93. The lowest BCUT2D eigenvalue weighted by Crippen LogP contribution is -2.14. The molecule has 0 aliphatic rings. The van der Waals surface area contributed by atoms with Crippen LogP contribution >= 0.6 is 39.1 Å². The molecule has 0 aliphatic heterocycles. The lowest BCUT2D eigenvalue weighted by Gasteiger charge is -2.12. The fraction of sp³-hybridized carbons (Fsp3) is 0. The molecule has 0 unspecified atom stereocenters. The van der Waals surface area contributed by atoms with E-state index in [1.165, 1.54) is 30.6 Å². The number of rotatable bonds is 3. The van der Waals surface area contributed by atoms with E-state index in [0.29, 0.717) is 10.2 Å². The lowest BCUT2D eigenvalue weighted by atomic mass is 10.3. The van der Waals surface area contributed by atoms with Crippen LogP contribution in [0.15, 0.2) is 40.0 Å². The highest BCUT2D eigenvalue weighted by Crippen LogP contribution is 2.34. The van der Waals surface area contributed by atoms with E-state index in [4.69, 9.17) is 28.9 Å². The second kappa shape index (κ2) is 5.77. The van der Waals surface area contributed by atoms with Gasteiger partial charge in [0.15, 0.2) is 0 Å². The average molecular weight is 397 g/mol. The van der Waals surface area contributed by atoms with Crippen LogP contribution in [-0.2, 0) is 10.0 Å². The second-order valence-corrected chi connectivity index (χ2v) is 7.02. The number of nitrogens with two attached hydrogens (primary N) is 1. The number of aromatic nitrogens is 1. The van der Waals surface area contributed by atoms with Crippen LogP contribution < -0.4 is 10.5 Å². The van der Waals surface area contributed by atoms with Gasteiger partial charge < -0.3 is 5.73 Å². The van der Waals surface area contributed by atoms with Crippen molar-refractivity contribution in [2.75, 3.05) is 10.5 Å². The van der Waals surface area contributed by atoms with Crippen LogP contribution in [0.1, 0.15) is 0 Å². The molecule has 0 fully saturated rings. The van der Waals surface area contributed by atoms with Gasteiger partial charge in [-0.05, 0) is 34.1 Å². The molecule has 0 aliphatic carbocycles. The average Bonchev–Trinajstić information content (AvgIpc) is 2.38. The van der Waals surface area contributed by atoms with Gasteiger partial charge >= 0.3 is 0 Å². The Kier molecular flexibility index (Phi) is 4.43. The summed E-state index contributed by atoms with van der Waals surface area (Å²) in [4.78, 5) is 3.70. The molecular formula is C11H8BrCl2N3O2S. The van der Waals surface area contributed by atoms with Crippen molar-refractivity contribution in [1.29, 1.82) is 0 Å². The number of anilines is 2. The molecule has 2 rings (SSSR count). The standard InChI is InChI=1S/C11H8BrCl2N3O2S/c12-6-5-16-4-3-8(6)17-20(18,19)9-2-1-7(13)11(15)10(9)14/h1-5H,15H2,(H,16,17). The van der Waals surface area contributed by atoms with Gasteiger partial charge in [0.1, 0.15) is 4.90 Å². The monoisotopic (exact) mass is 395 g/mol. The van der Waals surface area contributed by atoms with Gasteiger partial charge in [-0.3, -0.25) is 9.71 Å². The number of nitrogens with one attached hydrogen (secondary N) is 1. The molecule has 20 heavy (non-hydrogen) atoms. The van der Waals surface area contributed by atoms with E-state index in [9.17, 15) is 8.42 Å². The molecule has 3 N–H and O–H groups in total. The molecule has 0 radical (unpaired) electrons. The number of benzene rings is 1. The predicted molar refractivity (Wildman–Crippen MR) is 83.6 cm³/mol. The van der Waals surface area contributed by atoms with Crippen molar-refractivity contribution in [3.05, 3.63) is 45.1 Å². The fourth-order valence-corrected chi connectivity index (χ4v) is 3.74. The third-order valence-electron chi connectivity index (χ3n) is 2.40. The van der Waals surface area contributed by atoms with Crippen LogP contribution in [0.25, 0.3) is 0 Å². The smallest absolute Gasteiger partial charge is 0.263 e. The van der Waals surface area contributed by atoms with Crippen molar-refractivity contribution in [2.45, 2.75) is 4.90 Å². The maximum absolute atomic E-state index is 12.3. The SMILES string of the molecule is Nc1c(Cl)ccc(S(=O)(=O)Nc2ccncc2Br)c1Cl. The molecule has 0 spiro atoms. The van der Waals surface area contributed by atoms with E-state index in [1.807, 2.05) is 0 Å². The zero-order valence-electron chi connectivity index (χ0n) is 9.77. The Hall–Kier alpha value is -1.02. The van der Waals surface area contributed by atoms with Crippen LogP contribution in [0.5, 0.6) is 0 Å². The Morgan fingerprint density at radius 3 is 2.60 bits per heavy atom. The minimum absolute atomic E-state index is 0.0185. The molecule has 5 nitrogen and oxygen atoms in total. The summed E-state index contributed by atoms with van der Waals surface area (Å²) in [5, 5.41) is 0.0780. The molecule has 0 bridgehead atoms. The number of nitrogen functional groups attached to an aromatic ring is 1. The molecule has 9 heteroatoms. The van der Waals surface area contributed by atoms with Crippen LogP contribution in [0.3, 0.4) is 0 Å². The molecule has 106 valence electrons. The van der Waals surface area contributed by atoms with Crippen molar-refractivity contribution >= 4 is 60.5 Å². The first kappa shape index (κ1) is 15.4. The Labute approximate surface area is 134 Å². The fourth-order valence-electron chi connectivity index (χ4n) is 1.41. The van der Waals surface area contributed by atoms with E-state index in [-0.39, 0.29) is 20.6 Å². The van der Waals surface area contributed by atoms with Crippen molar-refractivity contribution in [1.82, 2.24) is 4.98 Å². The normalized spacial score (nSPS) is 11.3. The van der Waals surface area contributed by atoms with Crippen LogP contribution in [0.2, 0.25) is 10.0 Å². The van der Waals surface area contributed by atoms with Gasteiger partial charge in [0.05, 0.1) is 25.9 Å². The van der Waals surface area contributed by atoms with Crippen LogP contribution in [0, 0.1) is 0 Å². The lowest BCUT2D eigenvalue weighted by molar-refractivity contribution is 0.601. The first-order valence-corrected chi connectivity index (χ1v) is 8.22. The summed E-state index contributed by atoms with van der Waals surface area (Å²) in [5.74, 6) is 0. The molecule has 1 aromatic heterocycles. The summed E-state index contributed by atoms with van der Waals surface area (Å²) >= 11 is 14.9. The minimum atomic E-state index is -3.88. The molecule has 1 heterocycles. The molecule has 2 aromatic rings. The number of halogens is 3. The summed E-state index contributed by atoms with van der Waals surface area (Å²) in [6, 6.07) is 4.17. The van der Waals surface area contributed by atoms with Gasteiger partial charge in [-0.1, -0.05) is 23.2 Å². The van der Waals surface area contributed by atoms with E-state index < -0.39 is 10.0 Å². The predicted octanol–water partition coefficient (Wildman–Crippen LogP) is 3.53. The number of sulfonamides is 1. The van der Waals surface area contributed by atoms with Crippen LogP contribution in [0.4, 0.5) is 11.4 Å². The van der Waals surface area contributed by atoms with E-state index in [0.717, 1.165) is 0 Å². The van der Waals surface area contributed by atoms with E-state index in [1.54, 1.807) is 0 Å². The third kappa shape index (κ3) is 3.01. The van der Waals surface area contributed by atoms with Crippen molar-refractivity contribution in [3.63, 3.8) is 0 Å². The largest absolute Gasteiger partial charge is 0.396 e. The van der Waals surface area contributed by atoms with Gasteiger partial charge in [0.2, 0.25) is 0 Å². The zero-order valence-corrected chi connectivity index (χ0v) is 13.7. The quantitative estimate of drug-likeness (QED) is 0.777. The summed E-state index contributed by atoms with van der Waals surface area (Å²) in [6.45, 7) is 0. The van der Waals surface area contributed by atoms with Gasteiger partial charge in [-0.2, -0.15) is 0 Å². The third-order valence-corrected chi connectivity index (χ3v) is 5.29. The highest BCUT2D eigenvalue weighted by atomic mass is 79.9. The topological polar surface area (TPSA) is 85.1 Å².